The van der Waals surface area contributed by atoms with Crippen molar-refractivity contribution in [3.63, 3.8) is 0 Å². The van der Waals surface area contributed by atoms with Gasteiger partial charge in [0.1, 0.15) is 12.4 Å². The molecule has 0 bridgehead atoms. The van der Waals surface area contributed by atoms with Gasteiger partial charge < -0.3 is 10.5 Å². The Kier molecular flexibility index (Phi) is 6.11. The number of rotatable bonds is 5. The predicted octanol–water partition coefficient (Wildman–Crippen LogP) is 5.33. The zero-order valence-corrected chi connectivity index (χ0v) is 15.5. The highest BCUT2D eigenvalue weighted by Gasteiger charge is 2.10. The van der Waals surface area contributed by atoms with Crippen LogP contribution in [0.2, 0.25) is 5.02 Å². The Morgan fingerprint density at radius 2 is 1.81 bits per heavy atom. The van der Waals surface area contributed by atoms with Crippen molar-refractivity contribution in [2.75, 3.05) is 0 Å². The minimum absolute atomic E-state index is 0.127. The van der Waals surface area contributed by atoms with Crippen LogP contribution < -0.4 is 10.5 Å². The van der Waals surface area contributed by atoms with E-state index in [0.29, 0.717) is 11.6 Å². The van der Waals surface area contributed by atoms with Gasteiger partial charge >= 0.3 is 0 Å². The van der Waals surface area contributed by atoms with Crippen molar-refractivity contribution < 1.29 is 4.74 Å². The monoisotopic (exact) mass is 431 g/mol. The van der Waals surface area contributed by atoms with Crippen molar-refractivity contribution in [1.29, 1.82) is 0 Å². The van der Waals surface area contributed by atoms with E-state index in [1.807, 2.05) is 43.3 Å². The molecule has 21 heavy (non-hydrogen) atoms. The van der Waals surface area contributed by atoms with Crippen LogP contribution in [0.3, 0.4) is 0 Å². The summed E-state index contributed by atoms with van der Waals surface area (Å²) in [7, 11) is 0. The number of hydrogen-bond acceptors (Lipinski definition) is 2. The normalized spacial score (nSPS) is 12.2. The lowest BCUT2D eigenvalue weighted by Crippen LogP contribution is -2.17. The van der Waals surface area contributed by atoms with Crippen LogP contribution in [-0.4, -0.2) is 6.04 Å². The Morgan fingerprint density at radius 3 is 2.38 bits per heavy atom. The highest BCUT2D eigenvalue weighted by atomic mass is 79.9. The quantitative estimate of drug-likeness (QED) is 0.691. The Labute approximate surface area is 146 Å². The van der Waals surface area contributed by atoms with Crippen molar-refractivity contribution in [2.45, 2.75) is 26.0 Å². The number of halogens is 3. The first-order valence-corrected chi connectivity index (χ1v) is 8.53. The summed E-state index contributed by atoms with van der Waals surface area (Å²) in [4.78, 5) is 0. The molecule has 0 saturated heterocycles. The van der Waals surface area contributed by atoms with E-state index < -0.39 is 0 Å². The van der Waals surface area contributed by atoms with E-state index in [4.69, 9.17) is 22.1 Å². The second kappa shape index (κ2) is 7.63. The summed E-state index contributed by atoms with van der Waals surface area (Å²) in [5.41, 5.74) is 8.03. The molecule has 0 saturated carbocycles. The number of hydrogen-bond donors (Lipinski definition) is 1. The summed E-state index contributed by atoms with van der Waals surface area (Å²) in [6, 6.07) is 11.9. The molecule has 2 aromatic rings. The minimum Gasteiger partial charge on any atom is -0.487 e. The Balaban J connectivity index is 2.13. The maximum absolute atomic E-state index is 5.97. The van der Waals surface area contributed by atoms with Crippen LogP contribution in [0.1, 0.15) is 18.1 Å². The molecular formula is C16H16Br2ClNO. The van der Waals surface area contributed by atoms with E-state index in [2.05, 4.69) is 31.9 Å². The second-order valence-corrected chi connectivity index (χ2v) is 7.13. The average molecular weight is 434 g/mol. The molecule has 2 N–H and O–H groups in total. The zero-order valence-electron chi connectivity index (χ0n) is 11.6. The lowest BCUT2D eigenvalue weighted by Gasteiger charge is -2.13. The lowest BCUT2D eigenvalue weighted by molar-refractivity contribution is 0.302. The van der Waals surface area contributed by atoms with Crippen LogP contribution in [-0.2, 0) is 13.0 Å². The highest BCUT2D eigenvalue weighted by Crippen LogP contribution is 2.35. The fraction of sp³-hybridized carbons (Fsp3) is 0.250. The van der Waals surface area contributed by atoms with Gasteiger partial charge in [-0.05, 0) is 80.6 Å². The van der Waals surface area contributed by atoms with Crippen LogP contribution in [0.5, 0.6) is 5.75 Å². The van der Waals surface area contributed by atoms with Crippen LogP contribution >= 0.6 is 43.5 Å². The third-order valence-corrected chi connectivity index (χ3v) is 4.30. The van der Waals surface area contributed by atoms with Gasteiger partial charge in [0, 0.05) is 11.1 Å². The van der Waals surface area contributed by atoms with Gasteiger partial charge in [-0.25, -0.2) is 0 Å². The molecule has 2 aromatic carbocycles. The van der Waals surface area contributed by atoms with Crippen LogP contribution in [0.25, 0.3) is 0 Å². The highest BCUT2D eigenvalue weighted by molar-refractivity contribution is 9.11. The van der Waals surface area contributed by atoms with Gasteiger partial charge in [0.25, 0.3) is 0 Å². The topological polar surface area (TPSA) is 35.2 Å². The van der Waals surface area contributed by atoms with Gasteiger partial charge in [-0.1, -0.05) is 23.7 Å². The molecule has 1 unspecified atom stereocenters. The SMILES string of the molecule is CC(N)Cc1cc(Br)c(OCc2cccc(Cl)c2)c(Br)c1. The molecule has 0 radical (unpaired) electrons. The maximum atomic E-state index is 5.97. The third-order valence-electron chi connectivity index (χ3n) is 2.89. The molecule has 2 rings (SSSR count). The standard InChI is InChI=1S/C16H16Br2ClNO/c1-10(20)5-12-7-14(17)16(15(18)8-12)21-9-11-3-2-4-13(19)6-11/h2-4,6-8,10H,5,9,20H2,1H3. The van der Waals surface area contributed by atoms with Gasteiger partial charge in [0.2, 0.25) is 0 Å². The summed E-state index contributed by atoms with van der Waals surface area (Å²) < 4.78 is 7.71. The Bertz CT molecular complexity index is 608. The molecular weight excluding hydrogens is 417 g/mol. The Morgan fingerprint density at radius 1 is 1.14 bits per heavy atom. The van der Waals surface area contributed by atoms with Gasteiger partial charge in [-0.3, -0.25) is 0 Å². The molecule has 2 nitrogen and oxygen atoms in total. The lowest BCUT2D eigenvalue weighted by atomic mass is 10.1. The first-order chi connectivity index (χ1) is 9.95. The molecule has 0 aliphatic heterocycles. The van der Waals surface area contributed by atoms with Crippen molar-refractivity contribution in [1.82, 2.24) is 0 Å². The smallest absolute Gasteiger partial charge is 0.148 e. The number of benzene rings is 2. The van der Waals surface area contributed by atoms with Crippen molar-refractivity contribution >= 4 is 43.5 Å². The Hall–Kier alpha value is -0.550. The predicted molar refractivity (Wildman–Crippen MR) is 95.0 cm³/mol. The van der Waals surface area contributed by atoms with Gasteiger partial charge in [-0.2, -0.15) is 0 Å². The minimum atomic E-state index is 0.127. The maximum Gasteiger partial charge on any atom is 0.148 e. The average Bonchev–Trinajstić information content (AvgIpc) is 2.37. The zero-order chi connectivity index (χ0) is 15.4. The third kappa shape index (κ3) is 4.99. The van der Waals surface area contributed by atoms with Gasteiger partial charge in [0.05, 0.1) is 8.95 Å². The molecule has 112 valence electrons. The van der Waals surface area contributed by atoms with Crippen molar-refractivity contribution in [3.8, 4) is 5.75 Å². The fourth-order valence-corrected chi connectivity index (χ4v) is 3.75. The van der Waals surface area contributed by atoms with E-state index in [-0.39, 0.29) is 6.04 Å². The van der Waals surface area contributed by atoms with E-state index >= 15 is 0 Å². The summed E-state index contributed by atoms with van der Waals surface area (Å²) in [5, 5.41) is 0.710. The first-order valence-electron chi connectivity index (χ1n) is 6.56. The molecule has 0 aliphatic rings. The van der Waals surface area contributed by atoms with E-state index in [9.17, 15) is 0 Å². The second-order valence-electron chi connectivity index (χ2n) is 4.99. The largest absolute Gasteiger partial charge is 0.487 e. The van der Waals surface area contributed by atoms with Crippen molar-refractivity contribution in [2.24, 2.45) is 5.73 Å². The van der Waals surface area contributed by atoms with E-state index in [1.165, 1.54) is 5.56 Å². The van der Waals surface area contributed by atoms with Crippen LogP contribution in [0, 0.1) is 0 Å². The van der Waals surface area contributed by atoms with Crippen molar-refractivity contribution in [3.05, 3.63) is 61.5 Å². The fourth-order valence-electron chi connectivity index (χ4n) is 2.02. The van der Waals surface area contributed by atoms with Gasteiger partial charge in [-0.15, -0.1) is 0 Å². The molecule has 0 spiro atoms. The summed E-state index contributed by atoms with van der Waals surface area (Å²) in [5.74, 6) is 0.781. The molecule has 1 atom stereocenters. The molecule has 0 aliphatic carbocycles. The molecule has 0 amide bonds. The first kappa shape index (κ1) is 16.8. The van der Waals surface area contributed by atoms with Crippen LogP contribution in [0.4, 0.5) is 0 Å². The van der Waals surface area contributed by atoms with Gasteiger partial charge in [0.15, 0.2) is 0 Å². The molecule has 0 heterocycles. The summed E-state index contributed by atoms with van der Waals surface area (Å²) in [6.45, 7) is 2.45. The summed E-state index contributed by atoms with van der Waals surface area (Å²) >= 11 is 13.1. The molecule has 0 fully saturated rings. The molecule has 5 heteroatoms. The van der Waals surface area contributed by atoms with Crippen LogP contribution in [0.15, 0.2) is 45.3 Å². The number of nitrogens with two attached hydrogens (primary N) is 1. The molecule has 0 aromatic heterocycles. The summed E-state index contributed by atoms with van der Waals surface area (Å²) in [6.07, 6.45) is 0.825. The van der Waals surface area contributed by atoms with E-state index in [0.717, 1.165) is 26.7 Å². The number of ether oxygens (including phenoxy) is 1. The van der Waals surface area contributed by atoms with E-state index in [1.54, 1.807) is 0 Å².